The van der Waals surface area contributed by atoms with Gasteiger partial charge in [-0.1, -0.05) is 6.07 Å². The van der Waals surface area contributed by atoms with Crippen LogP contribution in [0.2, 0.25) is 0 Å². The fourth-order valence-corrected chi connectivity index (χ4v) is 3.14. The Morgan fingerprint density at radius 1 is 0.962 bits per heavy atom. The topological polar surface area (TPSA) is 37.3 Å². The van der Waals surface area contributed by atoms with E-state index >= 15 is 0 Å². The van der Waals surface area contributed by atoms with Crippen molar-refractivity contribution in [2.24, 2.45) is 0 Å². The molecule has 0 spiro atoms. The molecule has 142 valence electrons. The Hall–Kier alpha value is -1.32. The third kappa shape index (κ3) is 5.85. The molecule has 1 atom stereocenters. The summed E-state index contributed by atoms with van der Waals surface area (Å²) in [6.45, 7) is 3.31. The van der Waals surface area contributed by atoms with Crippen molar-refractivity contribution >= 4 is 38.1 Å². The summed E-state index contributed by atoms with van der Waals surface area (Å²) in [6.07, 6.45) is -7.16. The summed E-state index contributed by atoms with van der Waals surface area (Å²) in [7, 11) is 0. The van der Waals surface area contributed by atoms with E-state index in [1.807, 2.05) is 0 Å². The van der Waals surface area contributed by atoms with Crippen LogP contribution < -0.4 is 0 Å². The van der Waals surface area contributed by atoms with E-state index < -0.39 is 29.5 Å². The van der Waals surface area contributed by atoms with Gasteiger partial charge < -0.3 is 5.11 Å². The predicted molar refractivity (Wildman–Crippen MR) is 94.1 cm³/mol. The Labute approximate surface area is 163 Å². The molecule has 0 bridgehead atoms. The highest BCUT2D eigenvalue weighted by Crippen LogP contribution is 2.36. The minimum Gasteiger partial charge on any atom is -0.379 e. The number of aryl methyl sites for hydroxylation is 2. The maximum absolute atomic E-state index is 13.3. The zero-order valence-corrected chi connectivity index (χ0v) is 16.6. The third-order valence-corrected chi connectivity index (χ3v) is 4.29. The van der Waals surface area contributed by atoms with E-state index in [2.05, 4.69) is 31.9 Å². The van der Waals surface area contributed by atoms with E-state index in [0.29, 0.717) is 16.3 Å². The summed E-state index contributed by atoms with van der Waals surface area (Å²) in [5.41, 5.74) is 0.619. The van der Waals surface area contributed by atoms with Crippen LogP contribution in [-0.2, 0) is 0 Å². The number of hydrogen-bond donors (Lipinski definition) is 1. The summed E-state index contributed by atoms with van der Waals surface area (Å²) in [5, 5.41) is 8.90. The molecule has 0 aliphatic rings. The Balaban J connectivity index is 0.000000273. The molecule has 0 fully saturated rings. The molecule has 26 heavy (non-hydrogen) atoms. The molecule has 0 amide bonds. The van der Waals surface area contributed by atoms with Crippen molar-refractivity contribution in [2.75, 3.05) is 0 Å². The van der Waals surface area contributed by atoms with Gasteiger partial charge in [-0.2, -0.15) is 13.2 Å². The van der Waals surface area contributed by atoms with Crippen LogP contribution in [0, 0.1) is 25.5 Å². The molecule has 0 aliphatic heterocycles. The smallest absolute Gasteiger partial charge is 0.379 e. The number of rotatable bonds is 2. The average molecular weight is 504 g/mol. The normalized spacial score (nSPS) is 12.2. The lowest BCUT2D eigenvalue weighted by molar-refractivity contribution is -0.207. The number of benzene rings is 2. The second-order valence-electron chi connectivity index (χ2n) is 5.36. The summed E-state index contributed by atoms with van der Waals surface area (Å²) in [6, 6.07) is 5.44. The van der Waals surface area contributed by atoms with E-state index in [0.717, 1.165) is 11.6 Å². The van der Waals surface area contributed by atoms with Crippen molar-refractivity contribution in [3.63, 3.8) is 0 Å². The molecule has 0 aromatic heterocycles. The van der Waals surface area contributed by atoms with Crippen LogP contribution in [0.25, 0.3) is 0 Å². The molecule has 2 aromatic carbocycles. The quantitative estimate of drug-likeness (QED) is 0.391. The molecule has 2 nitrogen and oxygen atoms in total. The molecule has 1 N–H and O–H groups in total. The minimum absolute atomic E-state index is 0.0943. The maximum atomic E-state index is 13.3. The predicted octanol–water partition coefficient (Wildman–Crippen LogP) is 6.20. The van der Waals surface area contributed by atoms with Crippen LogP contribution >= 0.6 is 31.9 Å². The molecular weight excluding hydrogens is 491 g/mol. The van der Waals surface area contributed by atoms with Crippen LogP contribution in [0.1, 0.15) is 33.2 Å². The second kappa shape index (κ2) is 9.05. The van der Waals surface area contributed by atoms with Crippen molar-refractivity contribution in [1.29, 1.82) is 0 Å². The molecule has 2 rings (SSSR count). The van der Waals surface area contributed by atoms with Gasteiger partial charge in [0.25, 0.3) is 0 Å². The Morgan fingerprint density at radius 3 is 1.88 bits per heavy atom. The molecule has 9 heteroatoms. The average Bonchev–Trinajstić information content (AvgIpc) is 2.53. The van der Waals surface area contributed by atoms with Gasteiger partial charge in [-0.3, -0.25) is 4.79 Å². The lowest BCUT2D eigenvalue weighted by Gasteiger charge is -2.16. The number of halogens is 7. The zero-order valence-electron chi connectivity index (χ0n) is 13.5. The molecule has 0 saturated heterocycles. The van der Waals surface area contributed by atoms with Gasteiger partial charge in [-0.05, 0) is 75.0 Å². The number of hydrogen-bond acceptors (Lipinski definition) is 2. The molecule has 1 unspecified atom stereocenters. The molecular formula is C17H13Br2F5O2. The Bertz CT molecular complexity index is 807. The van der Waals surface area contributed by atoms with Gasteiger partial charge in [-0.25, -0.2) is 8.78 Å². The SMILES string of the molecule is Cc1cc(Br)c(F)c(C(O)C(F)(F)F)c1.Cc1cc(Br)c(F)c(C=O)c1. The van der Waals surface area contributed by atoms with Gasteiger partial charge in [0.05, 0.1) is 14.5 Å². The van der Waals surface area contributed by atoms with Crippen molar-refractivity contribution in [3.05, 3.63) is 67.1 Å². The van der Waals surface area contributed by atoms with E-state index in [4.69, 9.17) is 5.11 Å². The number of alkyl halides is 3. The van der Waals surface area contributed by atoms with Gasteiger partial charge in [0, 0.05) is 5.56 Å². The van der Waals surface area contributed by atoms with Crippen LogP contribution in [0.4, 0.5) is 22.0 Å². The number of carbonyl (C=O) groups is 1. The van der Waals surface area contributed by atoms with Gasteiger partial charge >= 0.3 is 6.18 Å². The van der Waals surface area contributed by atoms with Crippen LogP contribution in [-0.4, -0.2) is 17.6 Å². The highest BCUT2D eigenvalue weighted by molar-refractivity contribution is 9.10. The number of aliphatic hydroxyl groups is 1. The Kier molecular flexibility index (Phi) is 7.91. The van der Waals surface area contributed by atoms with E-state index in [-0.39, 0.29) is 10.0 Å². The highest BCUT2D eigenvalue weighted by Gasteiger charge is 2.41. The first-order valence-electron chi connectivity index (χ1n) is 6.99. The largest absolute Gasteiger partial charge is 0.418 e. The fraction of sp³-hybridized carbons (Fsp3) is 0.235. The summed E-state index contributed by atoms with van der Waals surface area (Å²) >= 11 is 5.78. The fourth-order valence-electron chi connectivity index (χ4n) is 1.96. The van der Waals surface area contributed by atoms with Crippen molar-refractivity contribution in [1.82, 2.24) is 0 Å². The van der Waals surface area contributed by atoms with E-state index in [1.54, 1.807) is 13.0 Å². The monoisotopic (exact) mass is 502 g/mol. The molecule has 0 radical (unpaired) electrons. The van der Waals surface area contributed by atoms with E-state index in [9.17, 15) is 26.7 Å². The Morgan fingerprint density at radius 2 is 1.42 bits per heavy atom. The van der Waals surface area contributed by atoms with Gasteiger partial charge in [0.15, 0.2) is 12.4 Å². The maximum Gasteiger partial charge on any atom is 0.418 e. The van der Waals surface area contributed by atoms with Crippen molar-refractivity contribution in [3.8, 4) is 0 Å². The number of carbonyl (C=O) groups excluding carboxylic acids is 1. The van der Waals surface area contributed by atoms with Crippen molar-refractivity contribution in [2.45, 2.75) is 26.1 Å². The molecule has 2 aromatic rings. The van der Waals surface area contributed by atoms with Gasteiger partial charge in [0.1, 0.15) is 11.6 Å². The summed E-state index contributed by atoms with van der Waals surface area (Å²) in [4.78, 5) is 10.3. The summed E-state index contributed by atoms with van der Waals surface area (Å²) in [5.74, 6) is -1.59. The number of aliphatic hydroxyl groups excluding tert-OH is 1. The summed E-state index contributed by atoms with van der Waals surface area (Å²) < 4.78 is 62.8. The second-order valence-corrected chi connectivity index (χ2v) is 7.07. The van der Waals surface area contributed by atoms with Gasteiger partial charge in [0.2, 0.25) is 0 Å². The minimum atomic E-state index is -4.87. The zero-order chi connectivity index (χ0) is 20.2. The van der Waals surface area contributed by atoms with Gasteiger partial charge in [-0.15, -0.1) is 0 Å². The van der Waals surface area contributed by atoms with E-state index in [1.165, 1.54) is 19.1 Å². The number of aldehydes is 1. The first kappa shape index (κ1) is 22.7. The van der Waals surface area contributed by atoms with Crippen LogP contribution in [0.3, 0.4) is 0 Å². The third-order valence-electron chi connectivity index (χ3n) is 3.13. The first-order valence-corrected chi connectivity index (χ1v) is 8.58. The standard InChI is InChI=1S/C9H7BrF4O.C8H6BrFO/c1-4-2-5(7(11)6(10)3-4)8(15)9(12,13)14;1-5-2-6(4-11)8(10)7(9)3-5/h2-3,8,15H,1H3;2-4H,1H3. The molecule has 0 heterocycles. The lowest BCUT2D eigenvalue weighted by Crippen LogP contribution is -2.21. The molecule has 0 saturated carbocycles. The lowest BCUT2D eigenvalue weighted by atomic mass is 10.1. The van der Waals surface area contributed by atoms with Crippen LogP contribution in [0.5, 0.6) is 0 Å². The first-order chi connectivity index (χ1) is 11.9. The highest BCUT2D eigenvalue weighted by atomic mass is 79.9. The van der Waals surface area contributed by atoms with Crippen molar-refractivity contribution < 1.29 is 31.9 Å². The molecule has 0 aliphatic carbocycles. The van der Waals surface area contributed by atoms with Crippen LogP contribution in [0.15, 0.2) is 33.2 Å².